The average Bonchev–Trinajstić information content (AvgIpc) is 2.59. The van der Waals surface area contributed by atoms with Gasteiger partial charge in [0.2, 0.25) is 0 Å². The van der Waals surface area contributed by atoms with Gasteiger partial charge in [-0.15, -0.1) is 0 Å². The number of benzene rings is 1. The molecule has 0 saturated heterocycles. The predicted molar refractivity (Wildman–Crippen MR) is 55.2 cm³/mol. The molecule has 1 aromatic carbocycles. The third-order valence-corrected chi connectivity index (χ3v) is 2.24. The van der Waals surface area contributed by atoms with Crippen LogP contribution in [0.3, 0.4) is 0 Å². The van der Waals surface area contributed by atoms with Crippen LogP contribution >= 0.6 is 0 Å². The van der Waals surface area contributed by atoms with Gasteiger partial charge in [0, 0.05) is 11.8 Å². The zero-order chi connectivity index (χ0) is 9.97. The highest BCUT2D eigenvalue weighted by Gasteiger charge is 2.06. The van der Waals surface area contributed by atoms with Crippen LogP contribution in [0.5, 0.6) is 0 Å². The molecule has 0 aliphatic heterocycles. The Morgan fingerprint density at radius 1 is 1.36 bits per heavy atom. The van der Waals surface area contributed by atoms with Crippen molar-refractivity contribution in [1.29, 1.82) is 0 Å². The summed E-state index contributed by atoms with van der Waals surface area (Å²) in [5.41, 5.74) is 0.853. The van der Waals surface area contributed by atoms with E-state index in [-0.39, 0.29) is 5.78 Å². The van der Waals surface area contributed by atoms with Crippen LogP contribution in [0, 0.1) is 0 Å². The predicted octanol–water partition coefficient (Wildman–Crippen LogP) is 2.95. The van der Waals surface area contributed by atoms with E-state index in [1.165, 1.54) is 0 Å². The minimum absolute atomic E-state index is 0.212. The first-order valence-electron chi connectivity index (χ1n) is 4.78. The van der Waals surface area contributed by atoms with Gasteiger partial charge in [-0.3, -0.25) is 4.79 Å². The molecule has 0 fully saturated rings. The van der Waals surface area contributed by atoms with Crippen LogP contribution in [-0.2, 0) is 11.2 Å². The molecule has 0 spiro atoms. The van der Waals surface area contributed by atoms with Gasteiger partial charge in [-0.25, -0.2) is 0 Å². The molecule has 14 heavy (non-hydrogen) atoms. The molecule has 2 aromatic rings. The summed E-state index contributed by atoms with van der Waals surface area (Å²) >= 11 is 0. The number of Topliss-reactive ketones (excluding diaryl/α,β-unsaturated/α-hetero) is 1. The third kappa shape index (κ3) is 1.69. The number of hydrogen-bond acceptors (Lipinski definition) is 2. The lowest BCUT2D eigenvalue weighted by atomic mass is 10.2. The molecule has 1 heterocycles. The molecule has 2 rings (SSSR count). The third-order valence-electron chi connectivity index (χ3n) is 2.24. The maximum atomic E-state index is 11.2. The average molecular weight is 188 g/mol. The van der Waals surface area contributed by atoms with E-state index in [1.807, 2.05) is 37.3 Å². The second-order valence-corrected chi connectivity index (χ2v) is 3.32. The summed E-state index contributed by atoms with van der Waals surface area (Å²) < 4.78 is 5.52. The van der Waals surface area contributed by atoms with E-state index in [0.29, 0.717) is 12.8 Å². The fourth-order valence-electron chi connectivity index (χ4n) is 1.44. The Balaban J connectivity index is 2.31. The molecule has 0 N–H and O–H groups in total. The zero-order valence-corrected chi connectivity index (χ0v) is 8.12. The summed E-state index contributed by atoms with van der Waals surface area (Å²) in [7, 11) is 0. The van der Waals surface area contributed by atoms with Gasteiger partial charge in [0.15, 0.2) is 0 Å². The van der Waals surface area contributed by atoms with Gasteiger partial charge in [0.05, 0.1) is 6.42 Å². The highest BCUT2D eigenvalue weighted by atomic mass is 16.3. The summed E-state index contributed by atoms with van der Waals surface area (Å²) in [6, 6.07) is 9.72. The van der Waals surface area contributed by atoms with Crippen LogP contribution in [0.2, 0.25) is 0 Å². The fraction of sp³-hybridized carbons (Fsp3) is 0.250. The van der Waals surface area contributed by atoms with Crippen LogP contribution in [-0.4, -0.2) is 5.78 Å². The Morgan fingerprint density at radius 2 is 2.14 bits per heavy atom. The maximum Gasteiger partial charge on any atom is 0.140 e. The van der Waals surface area contributed by atoms with Crippen molar-refractivity contribution in [3.8, 4) is 0 Å². The van der Waals surface area contributed by atoms with Crippen LogP contribution < -0.4 is 0 Å². The van der Waals surface area contributed by atoms with Crippen molar-refractivity contribution in [3.63, 3.8) is 0 Å². The van der Waals surface area contributed by atoms with Gasteiger partial charge in [-0.05, 0) is 12.1 Å². The van der Waals surface area contributed by atoms with Crippen LogP contribution in [0.15, 0.2) is 34.7 Å². The minimum atomic E-state index is 0.212. The molecule has 0 bridgehead atoms. The Bertz CT molecular complexity index is 421. The smallest absolute Gasteiger partial charge is 0.140 e. The van der Waals surface area contributed by atoms with E-state index in [0.717, 1.165) is 16.7 Å². The second kappa shape index (κ2) is 3.66. The molecule has 0 amide bonds. The van der Waals surface area contributed by atoms with Crippen molar-refractivity contribution in [2.45, 2.75) is 19.8 Å². The molecule has 2 nitrogen and oxygen atoms in total. The van der Waals surface area contributed by atoms with Crippen molar-refractivity contribution in [2.24, 2.45) is 0 Å². The van der Waals surface area contributed by atoms with Gasteiger partial charge >= 0.3 is 0 Å². The number of carbonyl (C=O) groups excluding carboxylic acids is 1. The largest absolute Gasteiger partial charge is 0.461 e. The van der Waals surface area contributed by atoms with E-state index in [1.54, 1.807) is 0 Å². The number of carbonyl (C=O) groups is 1. The van der Waals surface area contributed by atoms with Crippen LogP contribution in [0.4, 0.5) is 0 Å². The normalized spacial score (nSPS) is 10.6. The highest BCUT2D eigenvalue weighted by molar-refractivity contribution is 5.83. The summed E-state index contributed by atoms with van der Waals surface area (Å²) in [5, 5.41) is 1.06. The first-order valence-corrected chi connectivity index (χ1v) is 4.78. The molecule has 0 radical (unpaired) electrons. The lowest BCUT2D eigenvalue weighted by Gasteiger charge is -1.91. The van der Waals surface area contributed by atoms with Crippen molar-refractivity contribution in [2.75, 3.05) is 0 Å². The van der Waals surface area contributed by atoms with Gasteiger partial charge in [-0.1, -0.05) is 25.1 Å². The molecule has 0 saturated carbocycles. The second-order valence-electron chi connectivity index (χ2n) is 3.32. The highest BCUT2D eigenvalue weighted by Crippen LogP contribution is 2.19. The standard InChI is InChI=1S/C12H12O2/c1-2-10(13)8-11-7-9-5-3-4-6-12(9)14-11/h3-7H,2,8H2,1H3. The first-order chi connectivity index (χ1) is 6.79. The summed E-state index contributed by atoms with van der Waals surface area (Å²) in [6.45, 7) is 1.87. The van der Waals surface area contributed by atoms with Crippen molar-refractivity contribution in [1.82, 2.24) is 0 Å². The first kappa shape index (κ1) is 9.00. The lowest BCUT2D eigenvalue weighted by molar-refractivity contribution is -0.118. The van der Waals surface area contributed by atoms with E-state index in [4.69, 9.17) is 4.42 Å². The molecule has 0 aliphatic rings. The maximum absolute atomic E-state index is 11.2. The topological polar surface area (TPSA) is 30.2 Å². The monoisotopic (exact) mass is 188 g/mol. The molecular formula is C12H12O2. The molecule has 0 atom stereocenters. The van der Waals surface area contributed by atoms with E-state index < -0.39 is 0 Å². The summed E-state index contributed by atoms with van der Waals surface area (Å²) in [4.78, 5) is 11.2. The van der Waals surface area contributed by atoms with Crippen molar-refractivity contribution >= 4 is 16.8 Å². The Morgan fingerprint density at radius 3 is 2.86 bits per heavy atom. The van der Waals surface area contributed by atoms with Gasteiger partial charge < -0.3 is 4.42 Å². The molecule has 1 aromatic heterocycles. The quantitative estimate of drug-likeness (QED) is 0.741. The number of fused-ring (bicyclic) bond motifs is 1. The fourth-order valence-corrected chi connectivity index (χ4v) is 1.44. The van der Waals surface area contributed by atoms with Gasteiger partial charge in [-0.2, -0.15) is 0 Å². The van der Waals surface area contributed by atoms with Crippen molar-refractivity contribution in [3.05, 3.63) is 36.1 Å². The van der Waals surface area contributed by atoms with Crippen molar-refractivity contribution < 1.29 is 9.21 Å². The molecular weight excluding hydrogens is 176 g/mol. The van der Waals surface area contributed by atoms with Gasteiger partial charge in [0.25, 0.3) is 0 Å². The Kier molecular flexibility index (Phi) is 2.35. The summed E-state index contributed by atoms with van der Waals surface area (Å²) in [6.07, 6.45) is 0.974. The number of para-hydroxylation sites is 1. The molecule has 72 valence electrons. The van der Waals surface area contributed by atoms with Crippen LogP contribution in [0.25, 0.3) is 11.0 Å². The van der Waals surface area contributed by atoms with E-state index in [9.17, 15) is 4.79 Å². The minimum Gasteiger partial charge on any atom is -0.461 e. The van der Waals surface area contributed by atoms with E-state index >= 15 is 0 Å². The molecule has 0 aliphatic carbocycles. The number of rotatable bonds is 3. The Hall–Kier alpha value is -1.57. The molecule has 0 unspecified atom stereocenters. The summed E-state index contributed by atoms with van der Waals surface area (Å²) in [5.74, 6) is 0.974. The SMILES string of the molecule is CCC(=O)Cc1cc2ccccc2o1. The Labute approximate surface area is 82.5 Å². The van der Waals surface area contributed by atoms with Gasteiger partial charge in [0.1, 0.15) is 17.1 Å². The number of hydrogen-bond donors (Lipinski definition) is 0. The number of furan rings is 1. The zero-order valence-electron chi connectivity index (χ0n) is 8.12. The lowest BCUT2D eigenvalue weighted by Crippen LogP contribution is -1.98. The van der Waals surface area contributed by atoms with Crippen LogP contribution in [0.1, 0.15) is 19.1 Å². The van der Waals surface area contributed by atoms with E-state index in [2.05, 4.69) is 0 Å². The molecule has 2 heteroatoms. The number of ketones is 1.